The third kappa shape index (κ3) is 3.01. The Hall–Kier alpha value is 0.430. The van der Waals surface area contributed by atoms with Gasteiger partial charge in [-0.1, -0.05) is 34.6 Å². The molecule has 0 nitrogen and oxygen atoms in total. The van der Waals surface area contributed by atoms with Crippen molar-refractivity contribution >= 4 is 9.24 Å². The van der Waals surface area contributed by atoms with Gasteiger partial charge in [-0.2, -0.15) is 0 Å². The van der Waals surface area contributed by atoms with Gasteiger partial charge in [-0.3, -0.25) is 0 Å². The maximum absolute atomic E-state index is 2.96. The van der Waals surface area contributed by atoms with Crippen molar-refractivity contribution in [2.45, 2.75) is 40.3 Å². The van der Waals surface area contributed by atoms with Crippen LogP contribution in [0.1, 0.15) is 34.6 Å². The molecule has 1 heteroatoms. The molecule has 0 aliphatic carbocycles. The standard InChI is InChI=1S/C9H21P/c1-6(2)8(5)9(10)7(3)4/h6-9H,10H2,1-5H3. The Kier molecular flexibility index (Phi) is 4.52. The molecule has 0 fully saturated rings. The van der Waals surface area contributed by atoms with Crippen LogP contribution < -0.4 is 0 Å². The van der Waals surface area contributed by atoms with Crippen molar-refractivity contribution in [2.24, 2.45) is 17.8 Å². The Balaban J connectivity index is 3.81. The number of hydrogen-bond acceptors (Lipinski definition) is 0. The average molecular weight is 160 g/mol. The van der Waals surface area contributed by atoms with Crippen LogP contribution in [-0.4, -0.2) is 5.66 Å². The third-order valence-corrected chi connectivity index (χ3v) is 3.81. The zero-order valence-corrected chi connectivity index (χ0v) is 9.04. The molecule has 0 rings (SSSR count). The van der Waals surface area contributed by atoms with E-state index in [1.807, 2.05) is 0 Å². The van der Waals surface area contributed by atoms with Gasteiger partial charge in [0.1, 0.15) is 0 Å². The van der Waals surface area contributed by atoms with Gasteiger partial charge in [-0.25, -0.2) is 0 Å². The first-order chi connectivity index (χ1) is 4.46. The van der Waals surface area contributed by atoms with Gasteiger partial charge in [-0.05, 0) is 23.4 Å². The van der Waals surface area contributed by atoms with Gasteiger partial charge in [0.25, 0.3) is 0 Å². The molecule has 62 valence electrons. The van der Waals surface area contributed by atoms with E-state index >= 15 is 0 Å². The zero-order chi connectivity index (χ0) is 8.31. The molecule has 0 saturated heterocycles. The molecule has 3 atom stereocenters. The smallest absolute Gasteiger partial charge is 0.0213 e. The summed E-state index contributed by atoms with van der Waals surface area (Å²) in [6.07, 6.45) is 0. The highest BCUT2D eigenvalue weighted by Crippen LogP contribution is 2.26. The molecule has 0 heterocycles. The van der Waals surface area contributed by atoms with Crippen LogP contribution >= 0.6 is 9.24 Å². The molecule has 0 aromatic carbocycles. The first-order valence-electron chi connectivity index (χ1n) is 4.22. The van der Waals surface area contributed by atoms with Crippen molar-refractivity contribution in [3.8, 4) is 0 Å². The molecule has 0 spiro atoms. The van der Waals surface area contributed by atoms with Crippen molar-refractivity contribution in [1.82, 2.24) is 0 Å². The first kappa shape index (κ1) is 10.4. The molecular formula is C9H21P. The summed E-state index contributed by atoms with van der Waals surface area (Å²) >= 11 is 0. The highest BCUT2D eigenvalue weighted by molar-refractivity contribution is 7.17. The second kappa shape index (κ2) is 4.34. The van der Waals surface area contributed by atoms with Crippen LogP contribution in [0.5, 0.6) is 0 Å². The topological polar surface area (TPSA) is 0 Å². The molecule has 0 radical (unpaired) electrons. The highest BCUT2D eigenvalue weighted by atomic mass is 31.0. The first-order valence-corrected chi connectivity index (χ1v) is 4.89. The predicted octanol–water partition coefficient (Wildman–Crippen LogP) is 3.18. The Labute approximate surface area is 68.0 Å². The fraction of sp³-hybridized carbons (Fsp3) is 1.00. The second-order valence-corrected chi connectivity index (χ2v) is 4.69. The van der Waals surface area contributed by atoms with Gasteiger partial charge in [0.15, 0.2) is 0 Å². The van der Waals surface area contributed by atoms with Crippen molar-refractivity contribution in [3.63, 3.8) is 0 Å². The third-order valence-electron chi connectivity index (χ3n) is 2.43. The van der Waals surface area contributed by atoms with Gasteiger partial charge in [0.05, 0.1) is 0 Å². The molecule has 0 amide bonds. The lowest BCUT2D eigenvalue weighted by Gasteiger charge is -2.26. The minimum atomic E-state index is 0.778. The summed E-state index contributed by atoms with van der Waals surface area (Å²) in [5.41, 5.74) is 0.778. The molecule has 0 N–H and O–H groups in total. The van der Waals surface area contributed by atoms with E-state index in [4.69, 9.17) is 0 Å². The Morgan fingerprint density at radius 1 is 0.800 bits per heavy atom. The Morgan fingerprint density at radius 3 is 1.30 bits per heavy atom. The van der Waals surface area contributed by atoms with Crippen molar-refractivity contribution < 1.29 is 0 Å². The van der Waals surface area contributed by atoms with Crippen LogP contribution in [-0.2, 0) is 0 Å². The fourth-order valence-electron chi connectivity index (χ4n) is 1.05. The van der Waals surface area contributed by atoms with Crippen molar-refractivity contribution in [3.05, 3.63) is 0 Å². The van der Waals surface area contributed by atoms with E-state index in [-0.39, 0.29) is 0 Å². The lowest BCUT2D eigenvalue weighted by molar-refractivity contribution is 0.356. The largest absolute Gasteiger partial charge is 0.134 e. The molecule has 0 aromatic rings. The summed E-state index contributed by atoms with van der Waals surface area (Å²) in [7, 11) is 2.96. The summed E-state index contributed by atoms with van der Waals surface area (Å²) < 4.78 is 0. The van der Waals surface area contributed by atoms with Gasteiger partial charge >= 0.3 is 0 Å². The highest BCUT2D eigenvalue weighted by Gasteiger charge is 2.18. The van der Waals surface area contributed by atoms with E-state index in [0.717, 1.165) is 23.4 Å². The normalized spacial score (nSPS) is 18.0. The van der Waals surface area contributed by atoms with E-state index < -0.39 is 0 Å². The quantitative estimate of drug-likeness (QED) is 0.556. The lowest BCUT2D eigenvalue weighted by atomic mass is 9.89. The Bertz CT molecular complexity index is 74.7. The molecule has 0 aliphatic rings. The summed E-state index contributed by atoms with van der Waals surface area (Å²) in [4.78, 5) is 0. The summed E-state index contributed by atoms with van der Waals surface area (Å²) in [5, 5.41) is 0. The van der Waals surface area contributed by atoms with E-state index in [2.05, 4.69) is 43.9 Å². The van der Waals surface area contributed by atoms with E-state index in [9.17, 15) is 0 Å². The van der Waals surface area contributed by atoms with Gasteiger partial charge < -0.3 is 0 Å². The molecule has 0 bridgehead atoms. The summed E-state index contributed by atoms with van der Waals surface area (Å²) in [5.74, 6) is 2.43. The summed E-state index contributed by atoms with van der Waals surface area (Å²) in [6.45, 7) is 11.5. The second-order valence-electron chi connectivity index (χ2n) is 3.92. The van der Waals surface area contributed by atoms with Crippen molar-refractivity contribution in [2.75, 3.05) is 0 Å². The van der Waals surface area contributed by atoms with Gasteiger partial charge in [-0.15, -0.1) is 9.24 Å². The lowest BCUT2D eigenvalue weighted by Crippen LogP contribution is -2.21. The van der Waals surface area contributed by atoms with Crippen molar-refractivity contribution in [1.29, 1.82) is 0 Å². The van der Waals surface area contributed by atoms with Crippen LogP contribution in [0.4, 0.5) is 0 Å². The SMILES string of the molecule is CC(C)C(C)C(P)C(C)C. The van der Waals surface area contributed by atoms with Crippen LogP contribution in [0.25, 0.3) is 0 Å². The monoisotopic (exact) mass is 160 g/mol. The molecule has 3 unspecified atom stereocenters. The van der Waals surface area contributed by atoms with E-state index in [1.165, 1.54) is 0 Å². The van der Waals surface area contributed by atoms with Gasteiger partial charge in [0, 0.05) is 0 Å². The molecule has 0 aliphatic heterocycles. The maximum Gasteiger partial charge on any atom is -0.0213 e. The van der Waals surface area contributed by atoms with E-state index in [1.54, 1.807) is 0 Å². The minimum absolute atomic E-state index is 0.778. The molecular weight excluding hydrogens is 139 g/mol. The number of hydrogen-bond donors (Lipinski definition) is 0. The molecule has 0 aromatic heterocycles. The fourth-order valence-corrected chi connectivity index (χ4v) is 1.50. The molecule has 10 heavy (non-hydrogen) atoms. The maximum atomic E-state index is 2.96. The minimum Gasteiger partial charge on any atom is -0.134 e. The van der Waals surface area contributed by atoms with E-state index in [0.29, 0.717) is 0 Å². The Morgan fingerprint density at radius 2 is 1.20 bits per heavy atom. The zero-order valence-electron chi connectivity index (χ0n) is 7.89. The average Bonchev–Trinajstić information content (AvgIpc) is 1.84. The molecule has 0 saturated carbocycles. The van der Waals surface area contributed by atoms with Crippen LogP contribution in [0.2, 0.25) is 0 Å². The van der Waals surface area contributed by atoms with Crippen LogP contribution in [0.3, 0.4) is 0 Å². The predicted molar refractivity (Wildman–Crippen MR) is 52.3 cm³/mol. The van der Waals surface area contributed by atoms with Crippen LogP contribution in [0, 0.1) is 17.8 Å². The number of rotatable bonds is 3. The van der Waals surface area contributed by atoms with Crippen LogP contribution in [0.15, 0.2) is 0 Å². The summed E-state index contributed by atoms with van der Waals surface area (Å²) in [6, 6.07) is 0. The van der Waals surface area contributed by atoms with Gasteiger partial charge in [0.2, 0.25) is 0 Å².